The third-order valence-corrected chi connectivity index (χ3v) is 7.77. The third-order valence-electron chi connectivity index (χ3n) is 5.95. The Morgan fingerprint density at radius 2 is 1.95 bits per heavy atom. The molecule has 1 aromatic heterocycles. The Morgan fingerprint density at radius 1 is 1.21 bits per heavy atom. The molecule has 1 aliphatic rings. The number of methoxy groups -OCH3 is 2. The maximum absolute atomic E-state index is 13.9. The maximum atomic E-state index is 13.9. The predicted octanol–water partition coefficient (Wildman–Crippen LogP) is 4.72. The summed E-state index contributed by atoms with van der Waals surface area (Å²) in [6, 6.07) is 7.53. The van der Waals surface area contributed by atoms with Crippen LogP contribution in [0.5, 0.6) is 17.2 Å². The average Bonchev–Trinajstić information content (AvgIpc) is 3.19. The van der Waals surface area contributed by atoms with Gasteiger partial charge in [0.05, 0.1) is 41.1 Å². The zero-order chi connectivity index (χ0) is 27.6. The van der Waals surface area contributed by atoms with E-state index >= 15 is 0 Å². The Labute approximate surface area is 236 Å². The van der Waals surface area contributed by atoms with Gasteiger partial charge in [-0.15, -0.1) is 0 Å². The number of phenolic OH excluding ortho intramolecular Hbond substituents is 1. The van der Waals surface area contributed by atoms with Crippen molar-refractivity contribution in [2.24, 2.45) is 4.99 Å². The van der Waals surface area contributed by atoms with Crippen LogP contribution in [-0.4, -0.2) is 36.5 Å². The van der Waals surface area contributed by atoms with Crippen molar-refractivity contribution in [3.05, 3.63) is 81.9 Å². The number of halogens is 2. The number of aromatic hydroxyl groups is 1. The fraction of sp³-hybridized carbons (Fsp3) is 0.296. The second-order valence-corrected chi connectivity index (χ2v) is 10.7. The number of ether oxygens (including phenoxy) is 3. The van der Waals surface area contributed by atoms with E-state index in [-0.39, 0.29) is 29.2 Å². The Hall–Kier alpha value is -3.08. The Morgan fingerprint density at radius 3 is 2.61 bits per heavy atom. The number of carbonyl (C=O) groups excluding carboxylic acids is 1. The van der Waals surface area contributed by atoms with Crippen molar-refractivity contribution in [2.45, 2.75) is 32.7 Å². The zero-order valence-electron chi connectivity index (χ0n) is 21.2. The van der Waals surface area contributed by atoms with E-state index in [0.29, 0.717) is 47.8 Å². The number of phenols is 1. The summed E-state index contributed by atoms with van der Waals surface area (Å²) in [5.74, 6) is 0.145. The van der Waals surface area contributed by atoms with Crippen molar-refractivity contribution < 1.29 is 24.1 Å². The minimum absolute atomic E-state index is 0.0394. The Bertz CT molecular complexity index is 1610. The summed E-state index contributed by atoms with van der Waals surface area (Å²) in [5, 5.41) is 10.6. The summed E-state index contributed by atoms with van der Waals surface area (Å²) in [6.45, 7) is 3.89. The molecule has 3 aromatic rings. The molecule has 0 saturated carbocycles. The number of esters is 1. The molecule has 0 unspecified atom stereocenters. The van der Waals surface area contributed by atoms with Gasteiger partial charge in [-0.25, -0.2) is 9.79 Å². The van der Waals surface area contributed by atoms with Gasteiger partial charge in [0.1, 0.15) is 11.8 Å². The summed E-state index contributed by atoms with van der Waals surface area (Å²) in [6.07, 6.45) is 2.94. The molecule has 0 aliphatic carbocycles. The Kier molecular flexibility index (Phi) is 8.64. The van der Waals surface area contributed by atoms with Crippen molar-refractivity contribution in [3.63, 3.8) is 0 Å². The summed E-state index contributed by atoms with van der Waals surface area (Å²) < 4.78 is 18.6. The number of carbonyl (C=O) groups is 1. The number of aromatic nitrogens is 1. The number of nitrogens with zero attached hydrogens (tertiary/aromatic N) is 2. The van der Waals surface area contributed by atoms with Gasteiger partial charge in [-0.1, -0.05) is 36.3 Å². The molecular weight excluding hydrogens is 596 g/mol. The van der Waals surface area contributed by atoms with Crippen LogP contribution in [0, 0.1) is 0 Å². The van der Waals surface area contributed by atoms with Gasteiger partial charge in [0, 0.05) is 10.6 Å². The fourth-order valence-electron chi connectivity index (χ4n) is 4.32. The van der Waals surface area contributed by atoms with Crippen LogP contribution in [0.2, 0.25) is 5.02 Å². The predicted molar refractivity (Wildman–Crippen MR) is 150 cm³/mol. The number of hydrogen-bond donors (Lipinski definition) is 1. The molecule has 2 heterocycles. The maximum Gasteiger partial charge on any atom is 0.338 e. The molecule has 200 valence electrons. The number of rotatable bonds is 8. The first-order valence-corrected chi connectivity index (χ1v) is 13.8. The SMILES string of the molecule is CCCC1=C(C(=O)OCC)[C@H](c2cc(Cl)ccc2OC)n2c(s/c(=C/c3cc(Br)c(O)c(OC)c3)c2=O)=N1. The molecule has 0 spiro atoms. The molecule has 8 nitrogen and oxygen atoms in total. The number of benzene rings is 2. The second kappa shape index (κ2) is 11.8. The van der Waals surface area contributed by atoms with E-state index in [2.05, 4.69) is 15.9 Å². The number of allylic oxidation sites excluding steroid dienone is 1. The first-order valence-electron chi connectivity index (χ1n) is 11.9. The van der Waals surface area contributed by atoms with Gasteiger partial charge in [0.25, 0.3) is 5.56 Å². The first kappa shape index (κ1) is 27.9. The minimum atomic E-state index is -0.858. The van der Waals surface area contributed by atoms with Crippen molar-refractivity contribution in [1.29, 1.82) is 0 Å². The normalized spacial score (nSPS) is 15.2. The van der Waals surface area contributed by atoms with E-state index in [9.17, 15) is 14.7 Å². The fourth-order valence-corrected chi connectivity index (χ4v) is 5.98. The van der Waals surface area contributed by atoms with E-state index in [1.165, 1.54) is 30.1 Å². The van der Waals surface area contributed by atoms with Gasteiger partial charge in [0.2, 0.25) is 0 Å². The topological polar surface area (TPSA) is 99.4 Å². The van der Waals surface area contributed by atoms with E-state index < -0.39 is 12.0 Å². The summed E-state index contributed by atoms with van der Waals surface area (Å²) in [5.41, 5.74) is 1.67. The van der Waals surface area contributed by atoms with Crippen molar-refractivity contribution in [1.82, 2.24) is 4.57 Å². The molecule has 11 heteroatoms. The standard InChI is InChI=1S/C27H26BrClN2O6S/c1-5-7-18-22(26(34)37-6-2)23(16-13-15(29)8-9-19(16)35-3)31-25(33)21(38-27(31)30-18)12-14-10-17(28)24(32)20(11-14)36-4/h8-13,23,32H,5-7H2,1-4H3/b21-12+/t23-/m0/s1. The lowest BCUT2D eigenvalue weighted by molar-refractivity contribution is -0.139. The van der Waals surface area contributed by atoms with Crippen LogP contribution in [-0.2, 0) is 9.53 Å². The smallest absolute Gasteiger partial charge is 0.338 e. The van der Waals surface area contributed by atoms with E-state index in [0.717, 1.165) is 6.42 Å². The molecule has 0 radical (unpaired) electrons. The molecule has 2 aromatic carbocycles. The first-order chi connectivity index (χ1) is 18.2. The lowest BCUT2D eigenvalue weighted by atomic mass is 9.93. The van der Waals surface area contributed by atoms with Crippen LogP contribution in [0.3, 0.4) is 0 Å². The zero-order valence-corrected chi connectivity index (χ0v) is 24.4. The second-order valence-electron chi connectivity index (χ2n) is 8.35. The van der Waals surface area contributed by atoms with Gasteiger partial charge < -0.3 is 19.3 Å². The third kappa shape index (κ3) is 5.25. The molecule has 1 aliphatic heterocycles. The molecular formula is C27H26BrClN2O6S. The quantitative estimate of drug-likeness (QED) is 0.366. The highest BCUT2D eigenvalue weighted by molar-refractivity contribution is 9.10. The van der Waals surface area contributed by atoms with Gasteiger partial charge >= 0.3 is 5.97 Å². The molecule has 4 rings (SSSR count). The molecule has 0 fully saturated rings. The van der Waals surface area contributed by atoms with Crippen LogP contribution in [0.1, 0.15) is 43.9 Å². The number of fused-ring (bicyclic) bond motifs is 1. The van der Waals surface area contributed by atoms with Crippen LogP contribution >= 0.6 is 38.9 Å². The van der Waals surface area contributed by atoms with Gasteiger partial charge in [0.15, 0.2) is 16.3 Å². The molecule has 1 atom stereocenters. The largest absolute Gasteiger partial charge is 0.503 e. The highest BCUT2D eigenvalue weighted by Crippen LogP contribution is 2.38. The summed E-state index contributed by atoms with van der Waals surface area (Å²) in [7, 11) is 2.97. The van der Waals surface area contributed by atoms with Gasteiger partial charge in [-0.05, 0) is 71.2 Å². The Balaban J connectivity index is 2.05. The molecule has 0 bridgehead atoms. The van der Waals surface area contributed by atoms with E-state index in [1.54, 1.807) is 43.3 Å². The average molecular weight is 622 g/mol. The minimum Gasteiger partial charge on any atom is -0.503 e. The van der Waals surface area contributed by atoms with Crippen LogP contribution in [0.25, 0.3) is 6.08 Å². The summed E-state index contributed by atoms with van der Waals surface area (Å²) in [4.78, 5) is 32.5. The molecule has 0 amide bonds. The highest BCUT2D eigenvalue weighted by atomic mass is 79.9. The van der Waals surface area contributed by atoms with Gasteiger partial charge in [-0.3, -0.25) is 9.36 Å². The van der Waals surface area contributed by atoms with Gasteiger partial charge in [-0.2, -0.15) is 0 Å². The van der Waals surface area contributed by atoms with Crippen molar-refractivity contribution in [3.8, 4) is 17.2 Å². The van der Waals surface area contributed by atoms with Crippen LogP contribution in [0.15, 0.2) is 55.9 Å². The number of thiazole rings is 1. The summed E-state index contributed by atoms with van der Waals surface area (Å²) >= 11 is 10.9. The van der Waals surface area contributed by atoms with Crippen molar-refractivity contribution >= 4 is 50.9 Å². The van der Waals surface area contributed by atoms with E-state index in [4.69, 9.17) is 30.8 Å². The monoisotopic (exact) mass is 620 g/mol. The van der Waals surface area contributed by atoms with Crippen LogP contribution < -0.4 is 24.4 Å². The molecule has 1 N–H and O–H groups in total. The number of hydrogen-bond acceptors (Lipinski definition) is 8. The lowest BCUT2D eigenvalue weighted by Gasteiger charge is -2.27. The van der Waals surface area contributed by atoms with Crippen molar-refractivity contribution in [2.75, 3.05) is 20.8 Å². The molecule has 0 saturated heterocycles. The van der Waals surface area contributed by atoms with E-state index in [1.807, 2.05) is 6.92 Å². The molecule has 38 heavy (non-hydrogen) atoms. The van der Waals surface area contributed by atoms with Crippen LogP contribution in [0.4, 0.5) is 0 Å². The highest BCUT2D eigenvalue weighted by Gasteiger charge is 2.36. The lowest BCUT2D eigenvalue weighted by Crippen LogP contribution is -2.40.